The number of hydrogen-bond acceptors (Lipinski definition) is 8. The summed E-state index contributed by atoms with van der Waals surface area (Å²) in [5.74, 6) is -1.71. The summed E-state index contributed by atoms with van der Waals surface area (Å²) in [6, 6.07) is 6.11. The number of nitrogens with one attached hydrogen (secondary N) is 3. The molecule has 0 aliphatic heterocycles. The minimum atomic E-state index is -0.797. The first-order chi connectivity index (χ1) is 18.5. The molecule has 39 heavy (non-hydrogen) atoms. The second kappa shape index (κ2) is 18.3. The summed E-state index contributed by atoms with van der Waals surface area (Å²) in [4.78, 5) is 49.0. The molecule has 0 fully saturated rings. The SMILES string of the molecule is CCOC(C)(C)CCNC(=O)COCC(=O)N[C@@H](CCCCN)C(=O)Nc1ccc(COC(=O)C(C)C)cc1. The summed E-state index contributed by atoms with van der Waals surface area (Å²) < 4.78 is 16.0. The molecule has 0 bridgehead atoms. The summed E-state index contributed by atoms with van der Waals surface area (Å²) in [5.41, 5.74) is 6.56. The van der Waals surface area contributed by atoms with E-state index in [0.717, 1.165) is 5.56 Å². The number of hydrogen-bond donors (Lipinski definition) is 4. The maximum atomic E-state index is 12.9. The number of esters is 1. The average Bonchev–Trinajstić information content (AvgIpc) is 2.87. The van der Waals surface area contributed by atoms with Crippen molar-refractivity contribution in [3.63, 3.8) is 0 Å². The third kappa shape index (κ3) is 15.2. The minimum Gasteiger partial charge on any atom is -0.461 e. The third-order valence-electron chi connectivity index (χ3n) is 5.72. The zero-order chi connectivity index (χ0) is 29.3. The van der Waals surface area contributed by atoms with Crippen molar-refractivity contribution in [1.82, 2.24) is 10.6 Å². The van der Waals surface area contributed by atoms with Gasteiger partial charge < -0.3 is 35.9 Å². The van der Waals surface area contributed by atoms with Gasteiger partial charge in [0.15, 0.2) is 0 Å². The summed E-state index contributed by atoms with van der Waals surface area (Å²) >= 11 is 0. The van der Waals surface area contributed by atoms with Gasteiger partial charge in [-0.05, 0) is 70.7 Å². The van der Waals surface area contributed by atoms with E-state index in [1.807, 2.05) is 20.8 Å². The molecule has 0 spiro atoms. The van der Waals surface area contributed by atoms with Gasteiger partial charge in [-0.15, -0.1) is 0 Å². The van der Waals surface area contributed by atoms with Crippen molar-refractivity contribution >= 4 is 29.4 Å². The highest BCUT2D eigenvalue weighted by Gasteiger charge is 2.21. The normalized spacial score (nSPS) is 12.1. The lowest BCUT2D eigenvalue weighted by molar-refractivity contribution is -0.148. The van der Waals surface area contributed by atoms with Crippen molar-refractivity contribution in [3.05, 3.63) is 29.8 Å². The molecule has 5 N–H and O–H groups in total. The molecular formula is C28H46N4O7. The Balaban J connectivity index is 2.53. The van der Waals surface area contributed by atoms with Gasteiger partial charge in [-0.3, -0.25) is 19.2 Å². The van der Waals surface area contributed by atoms with Crippen LogP contribution in [0.15, 0.2) is 24.3 Å². The van der Waals surface area contributed by atoms with E-state index in [4.69, 9.17) is 19.9 Å². The Kier molecular flexibility index (Phi) is 16.0. The van der Waals surface area contributed by atoms with E-state index in [9.17, 15) is 19.2 Å². The van der Waals surface area contributed by atoms with Gasteiger partial charge in [-0.2, -0.15) is 0 Å². The maximum Gasteiger partial charge on any atom is 0.308 e. The fourth-order valence-electron chi connectivity index (χ4n) is 3.49. The van der Waals surface area contributed by atoms with Crippen molar-refractivity contribution in [1.29, 1.82) is 0 Å². The van der Waals surface area contributed by atoms with Crippen LogP contribution in [0.4, 0.5) is 5.69 Å². The van der Waals surface area contributed by atoms with E-state index in [-0.39, 0.29) is 49.1 Å². The summed E-state index contributed by atoms with van der Waals surface area (Å²) in [5, 5.41) is 8.21. The van der Waals surface area contributed by atoms with Gasteiger partial charge in [0.05, 0.1) is 11.5 Å². The Labute approximate surface area is 231 Å². The van der Waals surface area contributed by atoms with Crippen LogP contribution in [0, 0.1) is 5.92 Å². The highest BCUT2D eigenvalue weighted by atomic mass is 16.5. The fraction of sp³-hybridized carbons (Fsp3) is 0.643. The number of unbranched alkanes of at least 4 members (excludes halogenated alkanes) is 1. The van der Waals surface area contributed by atoms with Crippen LogP contribution < -0.4 is 21.7 Å². The van der Waals surface area contributed by atoms with Crippen molar-refractivity contribution in [2.24, 2.45) is 11.7 Å². The third-order valence-corrected chi connectivity index (χ3v) is 5.72. The van der Waals surface area contributed by atoms with Crippen LogP contribution in [0.25, 0.3) is 0 Å². The van der Waals surface area contributed by atoms with Gasteiger partial charge in [0, 0.05) is 18.8 Å². The number of carbonyl (C=O) groups is 4. The molecule has 1 atom stereocenters. The Hall–Kier alpha value is -3.02. The number of rotatable bonds is 19. The Bertz CT molecular complexity index is 904. The molecule has 0 saturated carbocycles. The lowest BCUT2D eigenvalue weighted by Gasteiger charge is -2.24. The standard InChI is InChI=1S/C28H46N4O7/c1-6-39-28(4,5)14-16-30-24(33)18-37-19-25(34)32-23(9-7-8-15-29)26(35)31-22-12-10-21(11-13-22)17-38-27(36)20(2)3/h10-13,20,23H,6-9,14-19,29H2,1-5H3,(H,30,33)(H,31,35)(H,32,34)/t23-/m0/s1. The number of anilines is 1. The average molecular weight is 551 g/mol. The number of amides is 3. The van der Waals surface area contributed by atoms with Crippen molar-refractivity contribution < 1.29 is 33.4 Å². The molecule has 1 aromatic rings. The molecule has 220 valence electrons. The summed E-state index contributed by atoms with van der Waals surface area (Å²) in [6.45, 7) is 10.4. The highest BCUT2D eigenvalue weighted by molar-refractivity contribution is 5.97. The molecule has 0 unspecified atom stereocenters. The highest BCUT2D eigenvalue weighted by Crippen LogP contribution is 2.14. The lowest BCUT2D eigenvalue weighted by Crippen LogP contribution is -2.45. The maximum absolute atomic E-state index is 12.9. The summed E-state index contributed by atoms with van der Waals surface area (Å²) in [7, 11) is 0. The Morgan fingerprint density at radius 1 is 1.00 bits per heavy atom. The minimum absolute atomic E-state index is 0.145. The molecule has 1 rings (SSSR count). The van der Waals surface area contributed by atoms with Gasteiger partial charge >= 0.3 is 5.97 Å². The first-order valence-electron chi connectivity index (χ1n) is 13.5. The van der Waals surface area contributed by atoms with Gasteiger partial charge in [0.1, 0.15) is 25.9 Å². The monoisotopic (exact) mass is 550 g/mol. The molecule has 0 aromatic heterocycles. The predicted molar refractivity (Wildman–Crippen MR) is 149 cm³/mol. The number of carbonyl (C=O) groups excluding carboxylic acids is 4. The van der Waals surface area contributed by atoms with Crippen molar-refractivity contribution in [2.75, 3.05) is 38.2 Å². The first-order valence-corrected chi connectivity index (χ1v) is 13.5. The molecule has 0 aliphatic rings. The molecule has 0 heterocycles. The molecule has 0 saturated heterocycles. The molecule has 11 heteroatoms. The van der Waals surface area contributed by atoms with Crippen LogP contribution in [-0.4, -0.2) is 68.2 Å². The lowest BCUT2D eigenvalue weighted by atomic mass is 10.1. The van der Waals surface area contributed by atoms with E-state index >= 15 is 0 Å². The Morgan fingerprint density at radius 3 is 2.28 bits per heavy atom. The first kappa shape index (κ1) is 34.0. The second-order valence-electron chi connectivity index (χ2n) is 10.1. The van der Waals surface area contributed by atoms with Crippen LogP contribution in [-0.2, 0) is 40.0 Å². The number of nitrogens with two attached hydrogens (primary N) is 1. The molecule has 0 radical (unpaired) electrons. The topological polar surface area (TPSA) is 158 Å². The molecule has 3 amide bonds. The van der Waals surface area contributed by atoms with Crippen LogP contribution in [0.5, 0.6) is 0 Å². The largest absolute Gasteiger partial charge is 0.461 e. The Morgan fingerprint density at radius 2 is 1.67 bits per heavy atom. The van der Waals surface area contributed by atoms with E-state index in [2.05, 4.69) is 16.0 Å². The predicted octanol–water partition coefficient (Wildman–Crippen LogP) is 2.28. The van der Waals surface area contributed by atoms with Crippen LogP contribution in [0.3, 0.4) is 0 Å². The molecular weight excluding hydrogens is 504 g/mol. The van der Waals surface area contributed by atoms with Gasteiger partial charge in [0.2, 0.25) is 17.7 Å². The van der Waals surface area contributed by atoms with Crippen molar-refractivity contribution in [2.45, 2.75) is 78.6 Å². The van der Waals surface area contributed by atoms with Crippen LogP contribution in [0.2, 0.25) is 0 Å². The molecule has 0 aliphatic carbocycles. The van der Waals surface area contributed by atoms with E-state index in [1.165, 1.54) is 0 Å². The summed E-state index contributed by atoms with van der Waals surface area (Å²) in [6.07, 6.45) is 2.39. The van der Waals surface area contributed by atoms with E-state index in [1.54, 1.807) is 38.1 Å². The number of ether oxygens (including phenoxy) is 3. The number of benzene rings is 1. The zero-order valence-corrected chi connectivity index (χ0v) is 24.0. The molecule has 11 nitrogen and oxygen atoms in total. The quantitative estimate of drug-likeness (QED) is 0.151. The van der Waals surface area contributed by atoms with E-state index < -0.39 is 11.9 Å². The molecule has 1 aromatic carbocycles. The van der Waals surface area contributed by atoms with Crippen molar-refractivity contribution in [3.8, 4) is 0 Å². The van der Waals surface area contributed by atoms with Crippen LogP contribution >= 0.6 is 0 Å². The smallest absolute Gasteiger partial charge is 0.308 e. The van der Waals surface area contributed by atoms with Gasteiger partial charge in [-0.1, -0.05) is 26.0 Å². The second-order valence-corrected chi connectivity index (χ2v) is 10.1. The van der Waals surface area contributed by atoms with Gasteiger partial charge in [-0.25, -0.2) is 0 Å². The van der Waals surface area contributed by atoms with Gasteiger partial charge in [0.25, 0.3) is 0 Å². The fourth-order valence-corrected chi connectivity index (χ4v) is 3.49. The zero-order valence-electron chi connectivity index (χ0n) is 24.0. The van der Waals surface area contributed by atoms with E-state index in [0.29, 0.717) is 51.1 Å². The van der Waals surface area contributed by atoms with Crippen LogP contribution in [0.1, 0.15) is 65.9 Å².